The van der Waals surface area contributed by atoms with Crippen molar-refractivity contribution in [2.24, 2.45) is 0 Å². The first-order valence-corrected chi connectivity index (χ1v) is 9.93. The van der Waals surface area contributed by atoms with Crippen molar-refractivity contribution in [1.29, 1.82) is 0 Å². The first kappa shape index (κ1) is 18.6. The van der Waals surface area contributed by atoms with Gasteiger partial charge in [0, 0.05) is 42.3 Å². The van der Waals surface area contributed by atoms with Gasteiger partial charge in [-0.25, -0.2) is 13.2 Å². The SMILES string of the molecule is CC(C)(C)OC(=O)NC1CCN(S(=O)(=O)c2cccc3cnccc23)C1. The molecule has 0 saturated carbocycles. The average Bonchev–Trinajstić information content (AvgIpc) is 3.01. The molecule has 26 heavy (non-hydrogen) atoms. The lowest BCUT2D eigenvalue weighted by Gasteiger charge is -2.22. The van der Waals surface area contributed by atoms with Gasteiger partial charge in [0.25, 0.3) is 0 Å². The van der Waals surface area contributed by atoms with E-state index in [0.717, 1.165) is 5.39 Å². The molecule has 1 aromatic carbocycles. The van der Waals surface area contributed by atoms with Gasteiger partial charge in [-0.3, -0.25) is 4.98 Å². The Morgan fingerprint density at radius 1 is 1.31 bits per heavy atom. The number of nitrogens with zero attached hydrogens (tertiary/aromatic N) is 2. The second-order valence-corrected chi connectivity index (χ2v) is 9.25. The van der Waals surface area contributed by atoms with Gasteiger partial charge in [-0.05, 0) is 39.3 Å². The molecule has 1 N–H and O–H groups in total. The summed E-state index contributed by atoms with van der Waals surface area (Å²) in [7, 11) is -3.66. The lowest BCUT2D eigenvalue weighted by molar-refractivity contribution is 0.0507. The maximum atomic E-state index is 13.1. The number of aromatic nitrogens is 1. The van der Waals surface area contributed by atoms with Gasteiger partial charge < -0.3 is 10.1 Å². The number of carbonyl (C=O) groups excluding carboxylic acids is 1. The Bertz CT molecular complexity index is 916. The summed E-state index contributed by atoms with van der Waals surface area (Å²) in [6, 6.07) is 6.58. The molecule has 1 aromatic heterocycles. The van der Waals surface area contributed by atoms with Gasteiger partial charge in [0.1, 0.15) is 5.60 Å². The summed E-state index contributed by atoms with van der Waals surface area (Å²) >= 11 is 0. The first-order valence-electron chi connectivity index (χ1n) is 8.49. The van der Waals surface area contributed by atoms with E-state index in [0.29, 0.717) is 18.4 Å². The molecular weight excluding hydrogens is 354 g/mol. The molecule has 1 saturated heterocycles. The van der Waals surface area contributed by atoms with Gasteiger partial charge in [-0.2, -0.15) is 4.31 Å². The average molecular weight is 377 g/mol. The van der Waals surface area contributed by atoms with Gasteiger partial charge in [0.05, 0.1) is 4.90 Å². The van der Waals surface area contributed by atoms with E-state index in [1.54, 1.807) is 51.4 Å². The number of fused-ring (bicyclic) bond motifs is 1. The third-order valence-corrected chi connectivity index (χ3v) is 6.05. The van der Waals surface area contributed by atoms with Crippen LogP contribution < -0.4 is 5.32 Å². The first-order chi connectivity index (χ1) is 12.2. The molecule has 8 heteroatoms. The topological polar surface area (TPSA) is 88.6 Å². The summed E-state index contributed by atoms with van der Waals surface area (Å²) in [5.41, 5.74) is -0.592. The number of alkyl carbamates (subject to hydrolysis) is 1. The molecule has 0 spiro atoms. The van der Waals surface area contributed by atoms with Crippen molar-refractivity contribution in [3.05, 3.63) is 36.7 Å². The van der Waals surface area contributed by atoms with Gasteiger partial charge in [-0.1, -0.05) is 12.1 Å². The molecule has 1 fully saturated rings. The monoisotopic (exact) mass is 377 g/mol. The second kappa shape index (κ2) is 6.85. The molecule has 140 valence electrons. The predicted molar refractivity (Wildman–Crippen MR) is 98.3 cm³/mol. The van der Waals surface area contributed by atoms with E-state index in [-0.39, 0.29) is 17.5 Å². The normalized spacial score (nSPS) is 18.8. The zero-order chi connectivity index (χ0) is 18.9. The molecular formula is C18H23N3O4S. The number of amides is 1. The summed E-state index contributed by atoms with van der Waals surface area (Å²) in [4.78, 5) is 16.2. The number of hydrogen-bond donors (Lipinski definition) is 1. The van der Waals surface area contributed by atoms with Crippen LogP contribution in [-0.4, -0.2) is 48.5 Å². The third-order valence-electron chi connectivity index (χ3n) is 4.13. The van der Waals surface area contributed by atoms with Crippen LogP contribution in [0.1, 0.15) is 27.2 Å². The number of hydrogen-bond acceptors (Lipinski definition) is 5. The third kappa shape index (κ3) is 3.96. The van der Waals surface area contributed by atoms with Crippen LogP contribution >= 0.6 is 0 Å². The number of nitrogens with one attached hydrogen (secondary N) is 1. The number of sulfonamides is 1. The van der Waals surface area contributed by atoms with Crippen LogP contribution in [0, 0.1) is 0 Å². The van der Waals surface area contributed by atoms with E-state index in [2.05, 4.69) is 10.3 Å². The Hall–Kier alpha value is -2.19. The quantitative estimate of drug-likeness (QED) is 0.888. The minimum atomic E-state index is -3.66. The Morgan fingerprint density at radius 3 is 2.81 bits per heavy atom. The number of pyridine rings is 1. The number of ether oxygens (including phenoxy) is 1. The van der Waals surface area contributed by atoms with Crippen molar-refractivity contribution in [2.45, 2.75) is 43.7 Å². The number of rotatable bonds is 3. The maximum Gasteiger partial charge on any atom is 0.407 e. The molecule has 1 aliphatic heterocycles. The standard InChI is InChI=1S/C18H23N3O4S/c1-18(2,3)25-17(22)20-14-8-10-21(12-14)26(23,24)16-6-4-5-13-11-19-9-7-15(13)16/h4-7,9,11,14H,8,10,12H2,1-3H3,(H,20,22). The minimum Gasteiger partial charge on any atom is -0.444 e. The van der Waals surface area contributed by atoms with Crippen molar-refractivity contribution in [3.63, 3.8) is 0 Å². The van der Waals surface area contributed by atoms with Gasteiger partial charge >= 0.3 is 6.09 Å². The van der Waals surface area contributed by atoms with E-state index in [9.17, 15) is 13.2 Å². The van der Waals surface area contributed by atoms with Gasteiger partial charge in [-0.15, -0.1) is 0 Å². The van der Waals surface area contributed by atoms with E-state index >= 15 is 0 Å². The molecule has 2 aromatic rings. The van der Waals surface area contributed by atoms with E-state index in [4.69, 9.17) is 4.74 Å². The van der Waals surface area contributed by atoms with Crippen molar-refractivity contribution in [3.8, 4) is 0 Å². The van der Waals surface area contributed by atoms with E-state index in [1.807, 2.05) is 6.07 Å². The molecule has 1 unspecified atom stereocenters. The molecule has 1 atom stereocenters. The summed E-state index contributed by atoms with van der Waals surface area (Å²) < 4.78 is 32.8. The molecule has 0 aliphatic carbocycles. The highest BCUT2D eigenvalue weighted by Crippen LogP contribution is 2.27. The van der Waals surface area contributed by atoms with Crippen molar-refractivity contribution >= 4 is 26.9 Å². The fraction of sp³-hybridized carbons (Fsp3) is 0.444. The highest BCUT2D eigenvalue weighted by atomic mass is 32.2. The van der Waals surface area contributed by atoms with Crippen molar-refractivity contribution < 1.29 is 17.9 Å². The molecule has 3 rings (SSSR count). The lowest BCUT2D eigenvalue weighted by atomic mass is 10.2. The van der Waals surface area contributed by atoms with E-state index < -0.39 is 21.7 Å². The summed E-state index contributed by atoms with van der Waals surface area (Å²) in [5.74, 6) is 0. The Kier molecular flexibility index (Phi) is 4.90. The minimum absolute atomic E-state index is 0.225. The van der Waals surface area contributed by atoms with E-state index in [1.165, 1.54) is 4.31 Å². The maximum absolute atomic E-state index is 13.1. The molecule has 0 radical (unpaired) electrons. The second-order valence-electron chi connectivity index (χ2n) is 7.35. The highest BCUT2D eigenvalue weighted by Gasteiger charge is 2.34. The Morgan fingerprint density at radius 2 is 2.08 bits per heavy atom. The smallest absolute Gasteiger partial charge is 0.407 e. The van der Waals surface area contributed by atoms with Crippen LogP contribution in [0.15, 0.2) is 41.6 Å². The zero-order valence-electron chi connectivity index (χ0n) is 15.1. The van der Waals surface area contributed by atoms with Gasteiger partial charge in [0.15, 0.2) is 0 Å². The predicted octanol–water partition coefficient (Wildman–Crippen LogP) is 2.52. The van der Waals surface area contributed by atoms with Gasteiger partial charge in [0.2, 0.25) is 10.0 Å². The van der Waals surface area contributed by atoms with Crippen LogP contribution in [0.4, 0.5) is 4.79 Å². The Balaban J connectivity index is 1.76. The van der Waals surface area contributed by atoms with Crippen LogP contribution in [0.25, 0.3) is 10.8 Å². The number of carbonyl (C=O) groups is 1. The zero-order valence-corrected chi connectivity index (χ0v) is 15.9. The lowest BCUT2D eigenvalue weighted by Crippen LogP contribution is -2.41. The molecule has 2 heterocycles. The summed E-state index contributed by atoms with van der Waals surface area (Å²) in [5, 5.41) is 4.17. The summed E-state index contributed by atoms with van der Waals surface area (Å²) in [6.45, 7) is 5.93. The van der Waals surface area contributed by atoms with Crippen LogP contribution in [0.2, 0.25) is 0 Å². The van der Waals surface area contributed by atoms with Crippen molar-refractivity contribution in [2.75, 3.05) is 13.1 Å². The van der Waals surface area contributed by atoms with Crippen LogP contribution in [0.5, 0.6) is 0 Å². The fourth-order valence-electron chi connectivity index (χ4n) is 3.00. The molecule has 1 aliphatic rings. The largest absolute Gasteiger partial charge is 0.444 e. The van der Waals surface area contributed by atoms with Crippen molar-refractivity contribution in [1.82, 2.24) is 14.6 Å². The van der Waals surface area contributed by atoms with Crippen LogP contribution in [0.3, 0.4) is 0 Å². The van der Waals surface area contributed by atoms with Crippen LogP contribution in [-0.2, 0) is 14.8 Å². The highest BCUT2D eigenvalue weighted by molar-refractivity contribution is 7.89. The Labute approximate surface area is 153 Å². The molecule has 1 amide bonds. The molecule has 0 bridgehead atoms. The fourth-order valence-corrected chi connectivity index (χ4v) is 4.71. The molecule has 7 nitrogen and oxygen atoms in total. The summed E-state index contributed by atoms with van der Waals surface area (Å²) in [6.07, 6.45) is 3.24. The number of benzene rings is 1.